The van der Waals surface area contributed by atoms with Gasteiger partial charge in [0.1, 0.15) is 4.99 Å². The van der Waals surface area contributed by atoms with Gasteiger partial charge >= 0.3 is 0 Å². The molecule has 0 amide bonds. The van der Waals surface area contributed by atoms with Gasteiger partial charge in [0.2, 0.25) is 0 Å². The number of hydrogen-bond acceptors (Lipinski definition) is 2. The van der Waals surface area contributed by atoms with E-state index in [-0.39, 0.29) is 5.41 Å². The van der Waals surface area contributed by atoms with Crippen LogP contribution < -0.4 is 10.6 Å². The molecule has 1 aromatic rings. The first-order valence-electron chi connectivity index (χ1n) is 6.28. The van der Waals surface area contributed by atoms with E-state index >= 15 is 0 Å². The molecule has 2 nitrogen and oxygen atoms in total. The minimum absolute atomic E-state index is 0.202. The molecule has 0 aromatic heterocycles. The summed E-state index contributed by atoms with van der Waals surface area (Å²) >= 11 is 5.16. The summed E-state index contributed by atoms with van der Waals surface area (Å²) in [5, 5.41) is 0. The van der Waals surface area contributed by atoms with Crippen LogP contribution in [-0.2, 0) is 0 Å². The maximum absolute atomic E-state index is 5.84. The lowest BCUT2D eigenvalue weighted by atomic mass is 9.86. The quantitative estimate of drug-likeness (QED) is 0.847. The number of thiocarbonyl (C=S) groups is 1. The summed E-state index contributed by atoms with van der Waals surface area (Å²) in [5.74, 6) is 0. The predicted molar refractivity (Wildman–Crippen MR) is 84.4 cm³/mol. The molecule has 1 unspecified atom stereocenters. The highest BCUT2D eigenvalue weighted by Gasteiger charge is 2.25. The third kappa shape index (κ3) is 3.22. The number of rotatable bonds is 3. The first-order chi connectivity index (χ1) is 8.14. The molecule has 0 saturated heterocycles. The third-order valence-corrected chi connectivity index (χ3v) is 3.85. The van der Waals surface area contributed by atoms with Gasteiger partial charge in [-0.3, -0.25) is 0 Å². The molecule has 100 valence electrons. The van der Waals surface area contributed by atoms with Gasteiger partial charge in [-0.25, -0.2) is 0 Å². The Balaban J connectivity index is 3.21. The first kappa shape index (κ1) is 15.0. The van der Waals surface area contributed by atoms with Crippen LogP contribution in [0.3, 0.4) is 0 Å². The molecule has 0 spiro atoms. The molecule has 0 heterocycles. The molecular weight excluding hydrogens is 240 g/mol. The van der Waals surface area contributed by atoms with Crippen molar-refractivity contribution in [1.82, 2.24) is 0 Å². The summed E-state index contributed by atoms with van der Waals surface area (Å²) in [7, 11) is 2.10. The summed E-state index contributed by atoms with van der Waals surface area (Å²) in [5.41, 5.74) is 9.28. The fraction of sp³-hybridized carbons (Fsp3) is 0.533. The van der Waals surface area contributed by atoms with Crippen molar-refractivity contribution in [2.75, 3.05) is 11.9 Å². The lowest BCUT2D eigenvalue weighted by molar-refractivity contribution is 0.329. The van der Waals surface area contributed by atoms with Gasteiger partial charge in [-0.05, 0) is 31.4 Å². The molecule has 0 aliphatic heterocycles. The van der Waals surface area contributed by atoms with E-state index in [0.29, 0.717) is 11.0 Å². The molecule has 1 aromatic carbocycles. The van der Waals surface area contributed by atoms with Gasteiger partial charge in [-0.2, -0.15) is 0 Å². The summed E-state index contributed by atoms with van der Waals surface area (Å²) in [4.78, 5) is 2.72. The smallest absolute Gasteiger partial charge is 0.106 e. The maximum Gasteiger partial charge on any atom is 0.106 e. The fourth-order valence-electron chi connectivity index (χ4n) is 1.94. The van der Waals surface area contributed by atoms with Crippen molar-refractivity contribution < 1.29 is 0 Å². The highest BCUT2D eigenvalue weighted by molar-refractivity contribution is 7.80. The number of nitrogens with zero attached hydrogens (tertiary/aromatic N) is 1. The molecule has 0 aliphatic rings. The van der Waals surface area contributed by atoms with E-state index in [1.165, 1.54) is 5.56 Å². The van der Waals surface area contributed by atoms with Crippen LogP contribution in [0.15, 0.2) is 18.2 Å². The summed E-state index contributed by atoms with van der Waals surface area (Å²) in [6.45, 7) is 11.0. The second kappa shape index (κ2) is 5.27. The van der Waals surface area contributed by atoms with E-state index in [9.17, 15) is 0 Å². The Labute approximate surface area is 116 Å². The van der Waals surface area contributed by atoms with E-state index < -0.39 is 0 Å². The Kier molecular flexibility index (Phi) is 4.38. The number of benzene rings is 1. The number of aryl methyl sites for hydroxylation is 1. The molecule has 0 aliphatic carbocycles. The van der Waals surface area contributed by atoms with Crippen molar-refractivity contribution in [2.45, 2.75) is 40.7 Å². The van der Waals surface area contributed by atoms with Gasteiger partial charge in [0.25, 0.3) is 0 Å². The van der Waals surface area contributed by atoms with Crippen LogP contribution in [0.5, 0.6) is 0 Å². The lowest BCUT2D eigenvalue weighted by Gasteiger charge is -2.37. The molecule has 0 radical (unpaired) electrons. The van der Waals surface area contributed by atoms with Crippen LogP contribution in [0.4, 0.5) is 5.69 Å². The largest absolute Gasteiger partial charge is 0.389 e. The minimum atomic E-state index is 0.202. The Morgan fingerprint density at radius 1 is 1.33 bits per heavy atom. The monoisotopic (exact) mass is 264 g/mol. The number of anilines is 1. The molecule has 0 fully saturated rings. The maximum atomic E-state index is 5.84. The minimum Gasteiger partial charge on any atom is -0.389 e. The van der Waals surface area contributed by atoms with Gasteiger partial charge in [0.05, 0.1) is 0 Å². The second-order valence-corrected chi connectivity index (χ2v) is 6.48. The Bertz CT molecular complexity index is 446. The highest BCUT2D eigenvalue weighted by atomic mass is 32.1. The average molecular weight is 264 g/mol. The molecule has 0 bridgehead atoms. The number of hydrogen-bond donors (Lipinski definition) is 1. The van der Waals surface area contributed by atoms with Gasteiger partial charge < -0.3 is 10.6 Å². The zero-order valence-corrected chi connectivity index (χ0v) is 13.1. The molecular formula is C15H24N2S. The summed E-state index contributed by atoms with van der Waals surface area (Å²) in [6, 6.07) is 6.66. The third-order valence-electron chi connectivity index (χ3n) is 3.63. The molecule has 18 heavy (non-hydrogen) atoms. The highest BCUT2D eigenvalue weighted by Crippen LogP contribution is 2.29. The van der Waals surface area contributed by atoms with E-state index in [0.717, 1.165) is 11.3 Å². The topological polar surface area (TPSA) is 29.3 Å². The van der Waals surface area contributed by atoms with Gasteiger partial charge in [0.15, 0.2) is 0 Å². The van der Waals surface area contributed by atoms with E-state index in [4.69, 9.17) is 18.0 Å². The average Bonchev–Trinajstić information content (AvgIpc) is 2.25. The van der Waals surface area contributed by atoms with Gasteiger partial charge in [-0.15, -0.1) is 0 Å². The van der Waals surface area contributed by atoms with Crippen LogP contribution in [0.1, 0.15) is 38.8 Å². The predicted octanol–water partition coefficient (Wildman–Crippen LogP) is 3.50. The van der Waals surface area contributed by atoms with Crippen molar-refractivity contribution in [3.05, 3.63) is 29.3 Å². The Morgan fingerprint density at radius 2 is 1.89 bits per heavy atom. The van der Waals surface area contributed by atoms with Crippen molar-refractivity contribution in [2.24, 2.45) is 11.1 Å². The molecule has 1 atom stereocenters. The number of nitrogens with two attached hydrogens (primary N) is 1. The summed E-state index contributed by atoms with van der Waals surface area (Å²) in [6.07, 6.45) is 0. The second-order valence-electron chi connectivity index (χ2n) is 6.04. The lowest BCUT2D eigenvalue weighted by Crippen LogP contribution is -2.40. The Morgan fingerprint density at radius 3 is 2.33 bits per heavy atom. The molecule has 0 saturated carbocycles. The van der Waals surface area contributed by atoms with Crippen LogP contribution in [0.25, 0.3) is 0 Å². The van der Waals surface area contributed by atoms with E-state index in [1.807, 2.05) is 0 Å². The standard InChI is InChI=1S/C15H24N2S/c1-10-7-8-13(12(9-10)14(16)18)17(6)11(2)15(3,4)5/h7-9,11H,1-6H3,(H2,16,18). The molecule has 1 rings (SSSR count). The fourth-order valence-corrected chi connectivity index (χ4v) is 2.11. The van der Waals surface area contributed by atoms with Gasteiger partial charge in [-0.1, -0.05) is 44.6 Å². The van der Waals surface area contributed by atoms with Crippen molar-refractivity contribution in [1.29, 1.82) is 0 Å². The van der Waals surface area contributed by atoms with Crippen molar-refractivity contribution >= 4 is 22.9 Å². The first-order valence-corrected chi connectivity index (χ1v) is 6.68. The normalized spacial score (nSPS) is 13.2. The van der Waals surface area contributed by atoms with Crippen LogP contribution in [0, 0.1) is 12.3 Å². The van der Waals surface area contributed by atoms with Crippen molar-refractivity contribution in [3.63, 3.8) is 0 Å². The zero-order valence-electron chi connectivity index (χ0n) is 12.2. The molecule has 3 heteroatoms. The van der Waals surface area contributed by atoms with Crippen LogP contribution in [0.2, 0.25) is 0 Å². The van der Waals surface area contributed by atoms with E-state index in [2.05, 4.69) is 64.8 Å². The summed E-state index contributed by atoms with van der Waals surface area (Å²) < 4.78 is 0. The van der Waals surface area contributed by atoms with Crippen LogP contribution in [-0.4, -0.2) is 18.1 Å². The SMILES string of the molecule is Cc1ccc(N(C)C(C)C(C)(C)C)c(C(N)=S)c1. The Hall–Kier alpha value is -1.09. The van der Waals surface area contributed by atoms with Gasteiger partial charge in [0, 0.05) is 24.3 Å². The van der Waals surface area contributed by atoms with Crippen LogP contribution >= 0.6 is 12.2 Å². The van der Waals surface area contributed by atoms with E-state index in [1.54, 1.807) is 0 Å². The molecule has 2 N–H and O–H groups in total. The van der Waals surface area contributed by atoms with Crippen molar-refractivity contribution in [3.8, 4) is 0 Å². The zero-order chi connectivity index (χ0) is 14.1.